The first-order chi connectivity index (χ1) is 8.58. The number of likely N-dealkylation sites (tertiary alicyclic amines) is 1. The summed E-state index contributed by atoms with van der Waals surface area (Å²) in [6.45, 7) is 2.56. The van der Waals surface area contributed by atoms with Gasteiger partial charge in [0.25, 0.3) is 0 Å². The molecule has 1 aromatic rings. The lowest BCUT2D eigenvalue weighted by atomic mass is 9.95. The zero-order valence-electron chi connectivity index (χ0n) is 10.6. The second kappa shape index (κ2) is 5.95. The smallest absolute Gasteiger partial charge is 0.225 e. The van der Waals surface area contributed by atoms with Crippen LogP contribution in [0.5, 0.6) is 0 Å². The number of hydrogen-bond donors (Lipinski definition) is 0. The molecule has 0 spiro atoms. The average molecular weight is 289 g/mol. The average Bonchev–Trinajstić information content (AvgIpc) is 2.75. The molecule has 100 valence electrons. The Hall–Kier alpha value is -0.720. The van der Waals surface area contributed by atoms with Gasteiger partial charge in [-0.25, -0.2) is 0 Å². The van der Waals surface area contributed by atoms with E-state index in [9.17, 15) is 4.79 Å². The minimum Gasteiger partial charge on any atom is -0.349 e. The lowest BCUT2D eigenvalue weighted by molar-refractivity contribution is -0.134. The summed E-state index contributed by atoms with van der Waals surface area (Å²) in [4.78, 5) is 15.8. The predicted molar refractivity (Wildman–Crippen MR) is 71.6 cm³/mol. The largest absolute Gasteiger partial charge is 0.349 e. The number of amides is 1. The molecule has 0 radical (unpaired) electrons. The summed E-state index contributed by atoms with van der Waals surface area (Å²) in [6, 6.07) is 0. The molecule has 1 fully saturated rings. The van der Waals surface area contributed by atoms with Gasteiger partial charge in [0.15, 0.2) is 0 Å². The van der Waals surface area contributed by atoms with E-state index in [1.54, 1.807) is 4.90 Å². The van der Waals surface area contributed by atoms with Crippen LogP contribution in [0.1, 0.15) is 18.5 Å². The molecule has 2 rings (SSSR count). The Morgan fingerprint density at radius 2 is 2.17 bits per heavy atom. The van der Waals surface area contributed by atoms with Gasteiger partial charge in [-0.3, -0.25) is 9.69 Å². The van der Waals surface area contributed by atoms with Crippen LogP contribution in [-0.4, -0.2) is 52.5 Å². The number of rotatable bonds is 3. The fraction of sp³-hybridized carbons (Fsp3) is 0.727. The SMILES string of the molecule is CN(C)C(=O)C1CCN(Cc2nnsc2Cl)CC1. The number of nitrogens with zero attached hydrogens (tertiary/aromatic N) is 4. The fourth-order valence-electron chi connectivity index (χ4n) is 2.21. The van der Waals surface area contributed by atoms with Gasteiger partial charge in [0.2, 0.25) is 5.91 Å². The Morgan fingerprint density at radius 3 is 2.67 bits per heavy atom. The molecule has 0 unspecified atom stereocenters. The quantitative estimate of drug-likeness (QED) is 0.846. The molecule has 7 heteroatoms. The molecular formula is C11H17ClN4OS. The number of aromatic nitrogens is 2. The molecule has 1 aliphatic heterocycles. The summed E-state index contributed by atoms with van der Waals surface area (Å²) in [7, 11) is 3.63. The van der Waals surface area contributed by atoms with Gasteiger partial charge >= 0.3 is 0 Å². The van der Waals surface area contributed by atoms with E-state index in [0.717, 1.165) is 38.2 Å². The highest BCUT2D eigenvalue weighted by atomic mass is 35.5. The molecule has 0 saturated carbocycles. The number of halogens is 1. The van der Waals surface area contributed by atoms with Gasteiger partial charge in [0.1, 0.15) is 10.0 Å². The van der Waals surface area contributed by atoms with Crippen molar-refractivity contribution < 1.29 is 4.79 Å². The highest BCUT2D eigenvalue weighted by molar-refractivity contribution is 7.10. The number of piperidine rings is 1. The first-order valence-corrected chi connectivity index (χ1v) is 7.13. The van der Waals surface area contributed by atoms with Crippen LogP contribution >= 0.6 is 23.1 Å². The summed E-state index contributed by atoms with van der Waals surface area (Å²) in [5.74, 6) is 0.406. The van der Waals surface area contributed by atoms with Crippen molar-refractivity contribution >= 4 is 29.0 Å². The third-order valence-electron chi connectivity index (χ3n) is 3.26. The van der Waals surface area contributed by atoms with Gasteiger partial charge < -0.3 is 4.90 Å². The van der Waals surface area contributed by atoms with E-state index in [1.165, 1.54) is 11.5 Å². The molecule has 0 aromatic carbocycles. The summed E-state index contributed by atoms with van der Waals surface area (Å²) < 4.78 is 4.49. The van der Waals surface area contributed by atoms with Gasteiger partial charge in [-0.1, -0.05) is 16.1 Å². The summed E-state index contributed by atoms with van der Waals surface area (Å²) in [6.07, 6.45) is 1.82. The molecule has 0 atom stereocenters. The summed E-state index contributed by atoms with van der Waals surface area (Å²) in [5, 5.41) is 4.01. The monoisotopic (exact) mass is 288 g/mol. The topological polar surface area (TPSA) is 49.3 Å². The van der Waals surface area contributed by atoms with E-state index in [4.69, 9.17) is 11.6 Å². The van der Waals surface area contributed by atoms with Crippen LogP contribution in [0.3, 0.4) is 0 Å². The van der Waals surface area contributed by atoms with Crippen molar-refractivity contribution in [3.05, 3.63) is 10.0 Å². The Balaban J connectivity index is 1.84. The maximum absolute atomic E-state index is 11.8. The normalized spacial score (nSPS) is 17.9. The fourth-order valence-corrected chi connectivity index (χ4v) is 2.82. The first-order valence-electron chi connectivity index (χ1n) is 5.98. The van der Waals surface area contributed by atoms with E-state index in [1.807, 2.05) is 14.1 Å². The summed E-state index contributed by atoms with van der Waals surface area (Å²) >= 11 is 7.20. The minimum atomic E-state index is 0.167. The van der Waals surface area contributed by atoms with Crippen LogP contribution in [0, 0.1) is 5.92 Å². The minimum absolute atomic E-state index is 0.167. The van der Waals surface area contributed by atoms with Crippen LogP contribution in [0.2, 0.25) is 4.34 Å². The Morgan fingerprint density at radius 1 is 1.50 bits per heavy atom. The van der Waals surface area contributed by atoms with E-state index < -0.39 is 0 Å². The lowest BCUT2D eigenvalue weighted by Crippen LogP contribution is -2.39. The molecule has 2 heterocycles. The van der Waals surface area contributed by atoms with Gasteiger partial charge in [-0.15, -0.1) is 5.10 Å². The van der Waals surface area contributed by atoms with Crippen LogP contribution in [0.15, 0.2) is 0 Å². The molecule has 0 aliphatic carbocycles. The molecule has 5 nitrogen and oxygen atoms in total. The third-order valence-corrected chi connectivity index (χ3v) is 4.24. The van der Waals surface area contributed by atoms with Crippen molar-refractivity contribution in [1.82, 2.24) is 19.4 Å². The number of carbonyl (C=O) groups excluding carboxylic acids is 1. The number of hydrogen-bond acceptors (Lipinski definition) is 5. The van der Waals surface area contributed by atoms with Crippen molar-refractivity contribution in [3.8, 4) is 0 Å². The number of carbonyl (C=O) groups is 1. The molecule has 0 bridgehead atoms. The standard InChI is InChI=1S/C11H17ClN4OS/c1-15(2)11(17)8-3-5-16(6-4-8)7-9-10(12)18-14-13-9/h8H,3-7H2,1-2H3. The Kier molecular flexibility index (Phi) is 4.53. The highest BCUT2D eigenvalue weighted by Crippen LogP contribution is 2.23. The van der Waals surface area contributed by atoms with Crippen LogP contribution in [-0.2, 0) is 11.3 Å². The highest BCUT2D eigenvalue weighted by Gasteiger charge is 2.26. The second-order valence-corrected chi connectivity index (χ2v) is 6.13. The Bertz CT molecular complexity index is 415. The Labute approximate surface area is 116 Å². The maximum atomic E-state index is 11.8. The van der Waals surface area contributed by atoms with Crippen LogP contribution < -0.4 is 0 Å². The predicted octanol–water partition coefficient (Wildman–Crippen LogP) is 1.49. The van der Waals surface area contributed by atoms with Gasteiger partial charge in [0, 0.05) is 38.1 Å². The van der Waals surface area contributed by atoms with Crippen molar-refractivity contribution in [3.63, 3.8) is 0 Å². The van der Waals surface area contributed by atoms with Gasteiger partial charge in [0.05, 0.1) is 0 Å². The van der Waals surface area contributed by atoms with E-state index in [2.05, 4.69) is 14.5 Å². The van der Waals surface area contributed by atoms with Crippen molar-refractivity contribution in [2.45, 2.75) is 19.4 Å². The van der Waals surface area contributed by atoms with Crippen LogP contribution in [0.25, 0.3) is 0 Å². The van der Waals surface area contributed by atoms with Crippen LogP contribution in [0.4, 0.5) is 0 Å². The maximum Gasteiger partial charge on any atom is 0.225 e. The first kappa shape index (κ1) is 13.7. The lowest BCUT2D eigenvalue weighted by Gasteiger charge is -2.31. The van der Waals surface area contributed by atoms with Crippen molar-refractivity contribution in [2.75, 3.05) is 27.2 Å². The molecule has 1 amide bonds. The zero-order valence-corrected chi connectivity index (χ0v) is 12.2. The van der Waals surface area contributed by atoms with Crippen molar-refractivity contribution in [2.24, 2.45) is 5.92 Å². The van der Waals surface area contributed by atoms with E-state index in [-0.39, 0.29) is 11.8 Å². The van der Waals surface area contributed by atoms with Crippen molar-refractivity contribution in [1.29, 1.82) is 0 Å². The molecule has 1 aliphatic rings. The molecular weight excluding hydrogens is 272 g/mol. The molecule has 1 saturated heterocycles. The van der Waals surface area contributed by atoms with E-state index >= 15 is 0 Å². The third kappa shape index (κ3) is 3.18. The summed E-state index contributed by atoms with van der Waals surface area (Å²) in [5.41, 5.74) is 0.846. The molecule has 18 heavy (non-hydrogen) atoms. The van der Waals surface area contributed by atoms with E-state index in [0.29, 0.717) is 4.34 Å². The van der Waals surface area contributed by atoms with Gasteiger partial charge in [-0.2, -0.15) is 0 Å². The van der Waals surface area contributed by atoms with Gasteiger partial charge in [-0.05, 0) is 25.9 Å². The molecule has 0 N–H and O–H groups in total. The molecule has 1 aromatic heterocycles. The zero-order chi connectivity index (χ0) is 13.1. The second-order valence-electron chi connectivity index (χ2n) is 4.78.